The molecule has 0 unspecified atom stereocenters. The Balaban J connectivity index is 1.78. The first-order chi connectivity index (χ1) is 9.74. The lowest BCUT2D eigenvalue weighted by Gasteiger charge is -2.28. The molecule has 1 N–H and O–H groups in total. The maximum atomic E-state index is 5.56. The molecule has 0 spiro atoms. The van der Waals surface area contributed by atoms with E-state index in [1.165, 1.54) is 6.42 Å². The number of halogens is 1. The number of nitrogens with zero attached hydrogens (tertiary/aromatic N) is 1. The molecule has 4 heteroatoms. The quantitative estimate of drug-likeness (QED) is 0.912. The molecule has 0 bridgehead atoms. The maximum absolute atomic E-state index is 5.56. The Kier molecular flexibility index (Phi) is 4.22. The fraction of sp³-hybridized carbons (Fsp3) is 0.438. The van der Waals surface area contributed by atoms with Crippen molar-refractivity contribution in [1.82, 2.24) is 4.98 Å². The van der Waals surface area contributed by atoms with Crippen LogP contribution in [0.2, 0.25) is 0 Å². The van der Waals surface area contributed by atoms with Crippen LogP contribution in [0.1, 0.15) is 19.8 Å². The van der Waals surface area contributed by atoms with Gasteiger partial charge in [0, 0.05) is 28.4 Å². The lowest BCUT2D eigenvalue weighted by atomic mass is 9.95. The molecule has 3 nitrogen and oxygen atoms in total. The van der Waals surface area contributed by atoms with Gasteiger partial charge in [0.25, 0.3) is 0 Å². The molecule has 1 aliphatic rings. The number of pyridine rings is 1. The van der Waals surface area contributed by atoms with E-state index in [0.29, 0.717) is 12.0 Å². The summed E-state index contributed by atoms with van der Waals surface area (Å²) < 4.78 is 6.60. The Labute approximate surface area is 127 Å². The van der Waals surface area contributed by atoms with E-state index in [9.17, 15) is 0 Å². The van der Waals surface area contributed by atoms with Crippen LogP contribution in [0.3, 0.4) is 0 Å². The van der Waals surface area contributed by atoms with Gasteiger partial charge in [0.1, 0.15) is 5.82 Å². The molecule has 0 saturated carbocycles. The van der Waals surface area contributed by atoms with Crippen molar-refractivity contribution < 1.29 is 4.74 Å². The average molecular weight is 335 g/mol. The van der Waals surface area contributed by atoms with E-state index < -0.39 is 0 Å². The number of benzene rings is 1. The molecule has 1 aromatic carbocycles. The highest BCUT2D eigenvalue weighted by Crippen LogP contribution is 2.25. The molecule has 20 heavy (non-hydrogen) atoms. The molecule has 1 saturated heterocycles. The summed E-state index contributed by atoms with van der Waals surface area (Å²) >= 11 is 3.56. The van der Waals surface area contributed by atoms with Gasteiger partial charge in [0.05, 0.1) is 12.1 Å². The zero-order chi connectivity index (χ0) is 13.9. The first-order valence-electron chi connectivity index (χ1n) is 7.13. The van der Waals surface area contributed by atoms with E-state index in [0.717, 1.165) is 40.8 Å². The van der Waals surface area contributed by atoms with Crippen molar-refractivity contribution in [2.45, 2.75) is 25.8 Å². The first-order valence-corrected chi connectivity index (χ1v) is 7.93. The highest BCUT2D eigenvalue weighted by Gasteiger charge is 2.20. The number of hydrogen-bond acceptors (Lipinski definition) is 3. The van der Waals surface area contributed by atoms with Crippen LogP contribution in [-0.2, 0) is 4.74 Å². The molecule has 1 aromatic heterocycles. The lowest BCUT2D eigenvalue weighted by Crippen LogP contribution is -2.32. The van der Waals surface area contributed by atoms with Gasteiger partial charge in [-0.1, -0.05) is 12.1 Å². The number of fused-ring (bicyclic) bond motifs is 1. The van der Waals surface area contributed by atoms with Crippen molar-refractivity contribution in [3.63, 3.8) is 0 Å². The molecule has 2 atom stereocenters. The number of rotatable bonds is 3. The summed E-state index contributed by atoms with van der Waals surface area (Å²) in [7, 11) is 0. The number of aromatic nitrogens is 1. The van der Waals surface area contributed by atoms with E-state index in [1.54, 1.807) is 0 Å². The summed E-state index contributed by atoms with van der Waals surface area (Å²) in [6.07, 6.45) is 2.39. The van der Waals surface area contributed by atoms with Crippen LogP contribution in [0.5, 0.6) is 0 Å². The van der Waals surface area contributed by atoms with Gasteiger partial charge in [-0.2, -0.15) is 0 Å². The summed E-state index contributed by atoms with van der Waals surface area (Å²) in [5, 5.41) is 4.67. The fourth-order valence-electron chi connectivity index (χ4n) is 2.70. The van der Waals surface area contributed by atoms with Crippen LogP contribution in [0.4, 0.5) is 5.82 Å². The van der Waals surface area contributed by atoms with Crippen LogP contribution in [-0.4, -0.2) is 24.2 Å². The summed E-state index contributed by atoms with van der Waals surface area (Å²) in [5.74, 6) is 1.50. The molecule has 106 valence electrons. The van der Waals surface area contributed by atoms with E-state index in [1.807, 2.05) is 12.1 Å². The van der Waals surface area contributed by atoms with Gasteiger partial charge in [0.2, 0.25) is 0 Å². The van der Waals surface area contributed by atoms with Gasteiger partial charge >= 0.3 is 0 Å². The van der Waals surface area contributed by atoms with Crippen LogP contribution >= 0.6 is 15.9 Å². The van der Waals surface area contributed by atoms with Crippen LogP contribution in [0.15, 0.2) is 34.8 Å². The molecular weight excluding hydrogens is 316 g/mol. The number of nitrogens with one attached hydrogen (secondary N) is 1. The van der Waals surface area contributed by atoms with Crippen molar-refractivity contribution >= 4 is 32.7 Å². The second-order valence-corrected chi connectivity index (χ2v) is 6.27. The third kappa shape index (κ3) is 2.96. The Morgan fingerprint density at radius 2 is 2.25 bits per heavy atom. The maximum Gasteiger partial charge on any atom is 0.126 e. The molecule has 2 aromatic rings. The Morgan fingerprint density at radius 1 is 1.35 bits per heavy atom. The highest BCUT2D eigenvalue weighted by molar-refractivity contribution is 9.10. The van der Waals surface area contributed by atoms with Crippen molar-refractivity contribution in [3.05, 3.63) is 34.8 Å². The minimum absolute atomic E-state index is 0.378. The normalized spacial score (nSPS) is 20.8. The van der Waals surface area contributed by atoms with Gasteiger partial charge in [-0.15, -0.1) is 0 Å². The first kappa shape index (κ1) is 13.8. The summed E-state index contributed by atoms with van der Waals surface area (Å²) in [6.45, 7) is 3.97. The standard InChI is InChI=1S/C16H19BrN2O/c1-11(13-5-3-9-20-10-13)18-15-8-7-12-4-2-6-14(17)16(12)19-15/h2,4,6-8,11,13H,3,5,9-10H2,1H3,(H,18,19)/t11-,13-/m1/s1. The minimum Gasteiger partial charge on any atom is -0.381 e. The number of ether oxygens (including phenoxy) is 1. The topological polar surface area (TPSA) is 34.2 Å². The van der Waals surface area contributed by atoms with Crippen LogP contribution in [0.25, 0.3) is 10.9 Å². The molecule has 0 radical (unpaired) electrons. The number of hydrogen-bond donors (Lipinski definition) is 1. The van der Waals surface area contributed by atoms with Gasteiger partial charge in [-0.25, -0.2) is 4.98 Å². The van der Waals surface area contributed by atoms with Gasteiger partial charge in [-0.3, -0.25) is 0 Å². The minimum atomic E-state index is 0.378. The Hall–Kier alpha value is -1.13. The predicted molar refractivity (Wildman–Crippen MR) is 86.1 cm³/mol. The highest BCUT2D eigenvalue weighted by atomic mass is 79.9. The van der Waals surface area contributed by atoms with Gasteiger partial charge < -0.3 is 10.1 Å². The van der Waals surface area contributed by atoms with Crippen molar-refractivity contribution in [3.8, 4) is 0 Å². The fourth-order valence-corrected chi connectivity index (χ4v) is 3.17. The molecule has 3 rings (SSSR count). The zero-order valence-electron chi connectivity index (χ0n) is 11.6. The van der Waals surface area contributed by atoms with Crippen molar-refractivity contribution in [2.75, 3.05) is 18.5 Å². The van der Waals surface area contributed by atoms with Gasteiger partial charge in [0.15, 0.2) is 0 Å². The second-order valence-electron chi connectivity index (χ2n) is 5.42. The molecule has 1 aliphatic heterocycles. The lowest BCUT2D eigenvalue weighted by molar-refractivity contribution is 0.0496. The monoisotopic (exact) mass is 334 g/mol. The SMILES string of the molecule is C[C@@H](Nc1ccc2cccc(Br)c2n1)[C@@H]1CCCOC1. The van der Waals surface area contributed by atoms with E-state index >= 15 is 0 Å². The van der Waals surface area contributed by atoms with Crippen LogP contribution in [0, 0.1) is 5.92 Å². The summed E-state index contributed by atoms with van der Waals surface area (Å²) in [4.78, 5) is 4.71. The average Bonchev–Trinajstić information content (AvgIpc) is 2.49. The molecular formula is C16H19BrN2O. The van der Waals surface area contributed by atoms with Crippen molar-refractivity contribution in [1.29, 1.82) is 0 Å². The van der Waals surface area contributed by atoms with Crippen molar-refractivity contribution in [2.24, 2.45) is 5.92 Å². The number of anilines is 1. The van der Waals surface area contributed by atoms with E-state index in [4.69, 9.17) is 9.72 Å². The molecule has 1 fully saturated rings. The second kappa shape index (κ2) is 6.10. The summed E-state index contributed by atoms with van der Waals surface area (Å²) in [5.41, 5.74) is 1.00. The van der Waals surface area contributed by atoms with Crippen LogP contribution < -0.4 is 5.32 Å². The Morgan fingerprint density at radius 3 is 3.05 bits per heavy atom. The summed E-state index contributed by atoms with van der Waals surface area (Å²) in [6, 6.07) is 10.7. The van der Waals surface area contributed by atoms with Gasteiger partial charge in [-0.05, 0) is 53.9 Å². The Bertz CT molecular complexity index is 596. The predicted octanol–water partition coefficient (Wildman–Crippen LogP) is 4.22. The number of para-hydroxylation sites is 1. The van der Waals surface area contributed by atoms with E-state index in [2.05, 4.69) is 46.4 Å². The third-order valence-corrected chi connectivity index (χ3v) is 4.59. The largest absolute Gasteiger partial charge is 0.381 e. The smallest absolute Gasteiger partial charge is 0.126 e. The van der Waals surface area contributed by atoms with E-state index in [-0.39, 0.29) is 0 Å². The molecule has 2 heterocycles. The molecule has 0 amide bonds. The zero-order valence-corrected chi connectivity index (χ0v) is 13.2. The third-order valence-electron chi connectivity index (χ3n) is 3.95. The molecule has 0 aliphatic carbocycles.